The third-order valence-corrected chi connectivity index (χ3v) is 3.99. The number of carbonyl (C=O) groups excluding carboxylic acids is 1. The summed E-state index contributed by atoms with van der Waals surface area (Å²) in [5, 5.41) is 50.0. The van der Waals surface area contributed by atoms with Gasteiger partial charge in [0.15, 0.2) is 0 Å². The summed E-state index contributed by atoms with van der Waals surface area (Å²) in [6.45, 7) is 0.0627. The average Bonchev–Trinajstić information content (AvgIpc) is 2.46. The van der Waals surface area contributed by atoms with Crippen LogP contribution in [0.15, 0.2) is 0 Å². The van der Waals surface area contributed by atoms with Crippen molar-refractivity contribution < 1.29 is 58.7 Å². The van der Waals surface area contributed by atoms with E-state index < -0.39 is 69.0 Å². The van der Waals surface area contributed by atoms with Gasteiger partial charge in [-0.25, -0.2) is 13.9 Å². The maximum atomic E-state index is 11.5. The van der Waals surface area contributed by atoms with Gasteiger partial charge in [-0.3, -0.25) is 4.79 Å². The number of carboxylic acid groups (broad SMARTS) is 1. The molecule has 14 heteroatoms. The van der Waals surface area contributed by atoms with Crippen molar-refractivity contribution >= 4 is 19.7 Å². The number of phosphoric ester groups is 1. The lowest BCUT2D eigenvalue weighted by atomic mass is 9.88. The number of ether oxygens (including phenoxy) is 1. The summed E-state index contributed by atoms with van der Waals surface area (Å²) >= 11 is 0. The summed E-state index contributed by atoms with van der Waals surface area (Å²) in [6, 6.07) is -1.46. The normalized spacial score (nSPS) is 32.7. The number of phosphoric acid groups is 1. The van der Waals surface area contributed by atoms with Crippen LogP contribution >= 0.6 is 7.82 Å². The lowest BCUT2D eigenvalue weighted by Gasteiger charge is -2.46. The number of amides is 1. The van der Waals surface area contributed by atoms with E-state index in [1.807, 2.05) is 0 Å². The number of carboxylic acids is 1. The van der Waals surface area contributed by atoms with E-state index in [0.29, 0.717) is 0 Å². The first-order chi connectivity index (χ1) is 11.3. The Bertz CT molecular complexity index is 551. The van der Waals surface area contributed by atoms with Crippen LogP contribution in [0.4, 0.5) is 0 Å². The van der Waals surface area contributed by atoms with E-state index in [-0.39, 0.29) is 0 Å². The van der Waals surface area contributed by atoms with Crippen LogP contribution in [-0.2, 0) is 23.4 Å². The molecule has 1 heterocycles. The first kappa shape index (κ1) is 21.9. The second-order valence-electron chi connectivity index (χ2n) is 5.46. The van der Waals surface area contributed by atoms with E-state index in [1.54, 1.807) is 0 Å². The number of aliphatic carboxylic acids is 1. The van der Waals surface area contributed by atoms with Crippen molar-refractivity contribution in [2.24, 2.45) is 0 Å². The van der Waals surface area contributed by atoms with Gasteiger partial charge in [0.1, 0.15) is 18.3 Å². The highest BCUT2D eigenvalue weighted by Gasteiger charge is 2.58. The molecule has 0 aromatic rings. The molecule has 1 aliphatic heterocycles. The minimum absolute atomic E-state index is 0.706. The molecule has 0 saturated carbocycles. The maximum absolute atomic E-state index is 11.5. The number of rotatable bonds is 7. The maximum Gasteiger partial charge on any atom is 0.472 e. The lowest BCUT2D eigenvalue weighted by Crippen LogP contribution is -2.67. The Labute approximate surface area is 141 Å². The first-order valence-corrected chi connectivity index (χ1v) is 8.45. The summed E-state index contributed by atoms with van der Waals surface area (Å²) in [7, 11) is -5.41. The van der Waals surface area contributed by atoms with Crippen molar-refractivity contribution in [3.8, 4) is 0 Å². The molecule has 146 valence electrons. The van der Waals surface area contributed by atoms with Gasteiger partial charge >= 0.3 is 13.8 Å². The van der Waals surface area contributed by atoms with Gasteiger partial charge in [-0.05, 0) is 0 Å². The Hall–Kier alpha value is -1.15. The summed E-state index contributed by atoms with van der Waals surface area (Å²) in [4.78, 5) is 40.5. The fraction of sp³-hybridized carbons (Fsp3) is 0.818. The van der Waals surface area contributed by atoms with Crippen LogP contribution in [0.3, 0.4) is 0 Å². The SMILES string of the molecule is CC(=O)N[C@H]1[C@H]([C@H](O)[C@H](O)CO)OC(OP(=O)(O)O)(C(=O)O)C[C@@H]1O. The fourth-order valence-electron chi connectivity index (χ4n) is 2.41. The average molecular weight is 389 g/mol. The Balaban J connectivity index is 3.29. The molecular weight excluding hydrogens is 369 g/mol. The summed E-state index contributed by atoms with van der Waals surface area (Å²) < 4.78 is 20.2. The van der Waals surface area contributed by atoms with Gasteiger partial charge in [0.25, 0.3) is 5.79 Å². The monoisotopic (exact) mass is 389 g/mol. The molecule has 1 saturated heterocycles. The minimum Gasteiger partial charge on any atom is -0.477 e. The van der Waals surface area contributed by atoms with Crippen molar-refractivity contribution in [1.82, 2.24) is 5.32 Å². The summed E-state index contributed by atoms with van der Waals surface area (Å²) in [5.41, 5.74) is 0. The molecule has 0 aliphatic carbocycles. The zero-order valence-corrected chi connectivity index (χ0v) is 13.8. The van der Waals surface area contributed by atoms with E-state index in [1.165, 1.54) is 0 Å². The topological polar surface area (TPSA) is 223 Å². The highest BCUT2D eigenvalue weighted by Crippen LogP contribution is 2.46. The Kier molecular flexibility index (Phi) is 7.03. The minimum atomic E-state index is -5.41. The molecule has 0 radical (unpaired) electrons. The predicted octanol–water partition coefficient (Wildman–Crippen LogP) is -3.75. The number of hydrogen-bond acceptors (Lipinski definition) is 9. The number of hydrogen-bond donors (Lipinski definition) is 8. The van der Waals surface area contributed by atoms with Gasteiger partial charge in [0.05, 0.1) is 18.8 Å². The molecule has 8 N–H and O–H groups in total. The van der Waals surface area contributed by atoms with Crippen LogP contribution in [0.2, 0.25) is 0 Å². The number of aliphatic hydroxyl groups is 4. The summed E-state index contributed by atoms with van der Waals surface area (Å²) in [5.74, 6) is -5.79. The Morgan fingerprint density at radius 3 is 2.36 bits per heavy atom. The molecule has 25 heavy (non-hydrogen) atoms. The standard InChI is InChI=1S/C11H20NO12P/c1-4(14)12-7-5(15)2-11(10(18)19,24-25(20,21)22)23-9(7)8(17)6(16)3-13/h5-9,13,15-17H,2-3H2,1H3,(H,12,14)(H,18,19)(H2,20,21,22)/t5-,6+,7+,8+,9+,11?/m0/s1. The molecule has 1 unspecified atom stereocenters. The van der Waals surface area contributed by atoms with E-state index in [2.05, 4.69) is 9.84 Å². The van der Waals surface area contributed by atoms with Gasteiger partial charge in [0.2, 0.25) is 5.91 Å². The Morgan fingerprint density at radius 1 is 1.40 bits per heavy atom. The first-order valence-electron chi connectivity index (χ1n) is 6.92. The van der Waals surface area contributed by atoms with E-state index in [4.69, 9.17) is 19.6 Å². The highest BCUT2D eigenvalue weighted by molar-refractivity contribution is 7.46. The molecule has 1 rings (SSSR count). The zero-order chi connectivity index (χ0) is 19.6. The van der Waals surface area contributed by atoms with E-state index >= 15 is 0 Å². The molecule has 1 amide bonds. The number of nitrogens with one attached hydrogen (secondary N) is 1. The van der Waals surface area contributed by atoms with Gasteiger partial charge < -0.3 is 45.4 Å². The molecule has 6 atom stereocenters. The molecule has 13 nitrogen and oxygen atoms in total. The van der Waals surface area contributed by atoms with Crippen molar-refractivity contribution in [2.45, 2.75) is 49.6 Å². The molecular formula is C11H20NO12P. The smallest absolute Gasteiger partial charge is 0.472 e. The van der Waals surface area contributed by atoms with Gasteiger partial charge in [-0.2, -0.15) is 0 Å². The quantitative estimate of drug-likeness (QED) is 0.197. The largest absolute Gasteiger partial charge is 0.477 e. The van der Waals surface area contributed by atoms with Crippen molar-refractivity contribution in [3.63, 3.8) is 0 Å². The summed E-state index contributed by atoms with van der Waals surface area (Å²) in [6.07, 6.45) is -8.57. The molecule has 0 aromatic heterocycles. The van der Waals surface area contributed by atoms with Crippen molar-refractivity contribution in [2.75, 3.05) is 6.61 Å². The van der Waals surface area contributed by atoms with E-state index in [0.717, 1.165) is 6.92 Å². The van der Waals surface area contributed by atoms with Gasteiger partial charge in [-0.1, -0.05) is 0 Å². The third-order valence-electron chi connectivity index (χ3n) is 3.45. The fourth-order valence-corrected chi connectivity index (χ4v) is 2.99. The van der Waals surface area contributed by atoms with Crippen LogP contribution in [-0.4, -0.2) is 90.0 Å². The molecule has 0 aromatic carbocycles. The van der Waals surface area contributed by atoms with Crippen LogP contribution in [0.25, 0.3) is 0 Å². The highest BCUT2D eigenvalue weighted by atomic mass is 31.2. The van der Waals surface area contributed by atoms with Crippen LogP contribution in [0.5, 0.6) is 0 Å². The Morgan fingerprint density at radius 2 is 1.96 bits per heavy atom. The second kappa shape index (κ2) is 8.03. The van der Waals surface area contributed by atoms with Gasteiger partial charge in [-0.15, -0.1) is 0 Å². The molecule has 1 aliphatic rings. The van der Waals surface area contributed by atoms with E-state index in [9.17, 15) is 34.6 Å². The molecule has 0 spiro atoms. The molecule has 0 bridgehead atoms. The van der Waals surface area contributed by atoms with Crippen molar-refractivity contribution in [1.29, 1.82) is 0 Å². The third kappa shape index (κ3) is 5.41. The molecule has 1 fully saturated rings. The lowest BCUT2D eigenvalue weighted by molar-refractivity contribution is -0.288. The zero-order valence-electron chi connectivity index (χ0n) is 12.9. The van der Waals surface area contributed by atoms with Crippen LogP contribution in [0.1, 0.15) is 13.3 Å². The number of aliphatic hydroxyl groups excluding tert-OH is 4. The van der Waals surface area contributed by atoms with Crippen molar-refractivity contribution in [3.05, 3.63) is 0 Å². The van der Waals surface area contributed by atoms with Gasteiger partial charge in [0, 0.05) is 13.3 Å². The number of carbonyl (C=O) groups is 2. The van der Waals surface area contributed by atoms with Crippen LogP contribution in [0, 0.1) is 0 Å². The predicted molar refractivity (Wildman–Crippen MR) is 75.7 cm³/mol. The van der Waals surface area contributed by atoms with Crippen LogP contribution < -0.4 is 5.32 Å². The second-order valence-corrected chi connectivity index (χ2v) is 6.62.